The van der Waals surface area contributed by atoms with Crippen molar-refractivity contribution < 1.29 is 41.7 Å². The number of nitrogens with one attached hydrogen (secondary N) is 2. The van der Waals surface area contributed by atoms with Gasteiger partial charge in [0.25, 0.3) is 31.9 Å². The molecule has 0 bridgehead atoms. The van der Waals surface area contributed by atoms with E-state index < -0.39 is 45.2 Å². The van der Waals surface area contributed by atoms with Gasteiger partial charge in [-0.25, -0.2) is 16.8 Å². The van der Waals surface area contributed by atoms with Gasteiger partial charge in [0.15, 0.2) is 0 Å². The number of carbonyl (C=O) groups is 2. The molecule has 0 spiro atoms. The molecule has 5 N–H and O–H groups in total. The van der Waals surface area contributed by atoms with E-state index in [1.165, 1.54) is 26.8 Å². The van der Waals surface area contributed by atoms with E-state index in [0.29, 0.717) is 23.4 Å². The minimum atomic E-state index is -3.91. The summed E-state index contributed by atoms with van der Waals surface area (Å²) in [5.74, 6) is -0.883. The minimum Gasteiger partial charge on any atom is -0.394 e. The van der Waals surface area contributed by atoms with Crippen molar-refractivity contribution in [3.8, 4) is 0 Å². The van der Waals surface area contributed by atoms with Crippen molar-refractivity contribution in [2.24, 2.45) is 0 Å². The SMILES string of the molecule is CC[C@H](CO)NC(=O)c1cccc(N(Cc2ccccc2)S(=O)(=O)c2ccccc2)c1.O=C(NC(CO)CO)c1cccc(N(Cc2ccccc2)S(=O)(=O)c2ccccc2)c1. The van der Waals surface area contributed by atoms with E-state index in [0.717, 1.165) is 11.1 Å². The summed E-state index contributed by atoms with van der Waals surface area (Å²) in [4.78, 5) is 25.5. The van der Waals surface area contributed by atoms with Crippen LogP contribution in [0.5, 0.6) is 0 Å². The molecule has 0 unspecified atom stereocenters. The number of benzene rings is 6. The number of amides is 2. The molecule has 0 aliphatic carbocycles. The number of hydrogen-bond donors (Lipinski definition) is 5. The number of anilines is 2. The Balaban J connectivity index is 0.000000234. The number of aliphatic hydroxyl groups excluding tert-OH is 3. The third-order valence-corrected chi connectivity index (χ3v) is 13.2. The number of aliphatic hydroxyl groups is 3. The second kappa shape index (κ2) is 22.5. The molecule has 2 amide bonds. The Morgan fingerprint density at radius 1 is 0.484 bits per heavy atom. The van der Waals surface area contributed by atoms with Crippen LogP contribution in [0.2, 0.25) is 0 Å². The summed E-state index contributed by atoms with van der Waals surface area (Å²) in [7, 11) is -7.77. The van der Waals surface area contributed by atoms with Crippen LogP contribution in [0, 0.1) is 0 Å². The molecule has 15 heteroatoms. The molecule has 0 saturated carbocycles. The quantitative estimate of drug-likeness (QED) is 0.0716. The normalized spacial score (nSPS) is 11.8. The number of hydrogen-bond acceptors (Lipinski definition) is 9. The summed E-state index contributed by atoms with van der Waals surface area (Å²) in [6.45, 7) is 1.08. The maximum atomic E-state index is 13.5. The Morgan fingerprint density at radius 3 is 1.16 bits per heavy atom. The fourth-order valence-corrected chi connectivity index (χ4v) is 9.07. The second-order valence-electron chi connectivity index (χ2n) is 14.0. The lowest BCUT2D eigenvalue weighted by molar-refractivity contribution is 0.0878. The van der Waals surface area contributed by atoms with Crippen molar-refractivity contribution in [2.75, 3.05) is 28.4 Å². The predicted molar refractivity (Wildman–Crippen MR) is 239 cm³/mol. The molecule has 13 nitrogen and oxygen atoms in total. The topological polar surface area (TPSA) is 194 Å². The highest BCUT2D eigenvalue weighted by Gasteiger charge is 2.27. The lowest BCUT2D eigenvalue weighted by Crippen LogP contribution is -2.40. The second-order valence-corrected chi connectivity index (χ2v) is 17.7. The van der Waals surface area contributed by atoms with Crippen molar-refractivity contribution in [3.63, 3.8) is 0 Å². The van der Waals surface area contributed by atoms with Crippen molar-refractivity contribution in [1.29, 1.82) is 0 Å². The average molecular weight is 879 g/mol. The van der Waals surface area contributed by atoms with Crippen LogP contribution in [-0.4, -0.2) is 75.9 Å². The zero-order valence-corrected chi connectivity index (χ0v) is 35.7. The van der Waals surface area contributed by atoms with E-state index in [1.807, 2.05) is 67.6 Å². The maximum Gasteiger partial charge on any atom is 0.264 e. The van der Waals surface area contributed by atoms with Gasteiger partial charge in [0.2, 0.25) is 0 Å². The van der Waals surface area contributed by atoms with Gasteiger partial charge >= 0.3 is 0 Å². The molecule has 62 heavy (non-hydrogen) atoms. The molecule has 0 heterocycles. The summed E-state index contributed by atoms with van der Waals surface area (Å²) >= 11 is 0. The largest absolute Gasteiger partial charge is 0.394 e. The smallest absolute Gasteiger partial charge is 0.264 e. The van der Waals surface area contributed by atoms with Crippen molar-refractivity contribution in [2.45, 2.75) is 48.3 Å². The Labute approximate surface area is 363 Å². The van der Waals surface area contributed by atoms with Gasteiger partial charge in [0.05, 0.1) is 66.2 Å². The highest BCUT2D eigenvalue weighted by atomic mass is 32.2. The average Bonchev–Trinajstić information content (AvgIpc) is 3.32. The minimum absolute atomic E-state index is 0.0824. The van der Waals surface area contributed by atoms with Crippen LogP contribution in [0.25, 0.3) is 0 Å². The lowest BCUT2D eigenvalue weighted by atomic mass is 10.1. The summed E-state index contributed by atoms with van der Waals surface area (Å²) in [6, 6.07) is 46.4. The molecule has 6 aromatic carbocycles. The molecule has 0 aliphatic rings. The van der Waals surface area contributed by atoms with Gasteiger partial charge in [-0.2, -0.15) is 0 Å². The summed E-state index contributed by atoms with van der Waals surface area (Å²) in [5, 5.41) is 33.0. The third kappa shape index (κ3) is 12.4. The van der Waals surface area contributed by atoms with E-state index in [-0.39, 0.29) is 47.0 Å². The molecule has 0 radical (unpaired) electrons. The molecule has 6 aromatic rings. The highest BCUT2D eigenvalue weighted by Crippen LogP contribution is 2.28. The number of sulfonamides is 2. The van der Waals surface area contributed by atoms with Crippen LogP contribution >= 0.6 is 0 Å². The Morgan fingerprint density at radius 2 is 0.823 bits per heavy atom. The number of rotatable bonds is 18. The van der Waals surface area contributed by atoms with Gasteiger partial charge in [-0.3, -0.25) is 18.2 Å². The first-order valence-corrected chi connectivity index (χ1v) is 22.7. The molecular formula is C47H50N4O9S2. The fourth-order valence-electron chi connectivity index (χ4n) is 6.14. The van der Waals surface area contributed by atoms with Crippen molar-refractivity contribution in [1.82, 2.24) is 10.6 Å². The van der Waals surface area contributed by atoms with Gasteiger partial charge < -0.3 is 26.0 Å². The van der Waals surface area contributed by atoms with Crippen LogP contribution in [-0.2, 0) is 33.1 Å². The van der Waals surface area contributed by atoms with Crippen LogP contribution in [0.1, 0.15) is 45.2 Å². The van der Waals surface area contributed by atoms with Gasteiger partial charge in [-0.1, -0.05) is 116 Å². The number of nitrogens with zero attached hydrogens (tertiary/aromatic N) is 2. The van der Waals surface area contributed by atoms with Crippen molar-refractivity contribution in [3.05, 3.63) is 192 Å². The van der Waals surface area contributed by atoms with Crippen molar-refractivity contribution >= 4 is 43.2 Å². The van der Waals surface area contributed by atoms with Crippen LogP contribution < -0.4 is 19.2 Å². The molecule has 6 rings (SSSR count). The Hall–Kier alpha value is -6.36. The van der Waals surface area contributed by atoms with Gasteiger partial charge in [-0.05, 0) is 78.2 Å². The van der Waals surface area contributed by atoms with E-state index in [1.54, 1.807) is 91.0 Å². The lowest BCUT2D eigenvalue weighted by Gasteiger charge is -2.25. The molecular weight excluding hydrogens is 829 g/mol. The summed E-state index contributed by atoms with van der Waals surface area (Å²) < 4.78 is 56.4. The molecule has 0 saturated heterocycles. The van der Waals surface area contributed by atoms with E-state index in [4.69, 9.17) is 0 Å². The van der Waals surface area contributed by atoms with Gasteiger partial charge in [0, 0.05) is 11.1 Å². The Bertz CT molecular complexity index is 2380. The zero-order chi connectivity index (χ0) is 44.5. The Kier molecular flexibility index (Phi) is 16.9. The monoisotopic (exact) mass is 878 g/mol. The standard InChI is InChI=1S/C24H26N2O4S.C23H24N2O5S/c1-2-21(18-27)25-24(28)20-12-9-13-22(16-20)26(17-19-10-5-3-6-11-19)31(29,30)23-14-7-4-8-15-23;26-16-20(17-27)24-23(28)19-10-7-11-21(14-19)25(15-18-8-3-1-4-9-18)31(29,30)22-12-5-2-6-13-22/h3-16,21,27H,2,17-18H2,1H3,(H,25,28);1-14,20,26-27H,15-17H2,(H,24,28)/t21-;/m1./s1. The zero-order valence-electron chi connectivity index (χ0n) is 34.1. The fraction of sp³-hybridized carbons (Fsp3) is 0.191. The van der Waals surface area contributed by atoms with E-state index in [2.05, 4.69) is 10.6 Å². The maximum absolute atomic E-state index is 13.5. The van der Waals surface area contributed by atoms with E-state index in [9.17, 15) is 41.7 Å². The first-order valence-electron chi connectivity index (χ1n) is 19.8. The summed E-state index contributed by atoms with van der Waals surface area (Å²) in [5.41, 5.74) is 2.86. The molecule has 1 atom stereocenters. The van der Waals surface area contributed by atoms with Crippen LogP contribution in [0.3, 0.4) is 0 Å². The van der Waals surface area contributed by atoms with Crippen LogP contribution in [0.15, 0.2) is 180 Å². The number of carbonyl (C=O) groups excluding carboxylic acids is 2. The molecule has 324 valence electrons. The van der Waals surface area contributed by atoms with Crippen LogP contribution in [0.4, 0.5) is 11.4 Å². The molecule has 0 aromatic heterocycles. The third-order valence-electron chi connectivity index (χ3n) is 9.62. The molecule has 0 aliphatic heterocycles. The first kappa shape index (κ1) is 46.7. The molecule has 0 fully saturated rings. The van der Waals surface area contributed by atoms with Gasteiger partial charge in [-0.15, -0.1) is 0 Å². The highest BCUT2D eigenvalue weighted by molar-refractivity contribution is 7.93. The predicted octanol–water partition coefficient (Wildman–Crippen LogP) is 5.75. The summed E-state index contributed by atoms with van der Waals surface area (Å²) in [6.07, 6.45) is 0.588. The van der Waals surface area contributed by atoms with Gasteiger partial charge in [0.1, 0.15) is 0 Å². The van der Waals surface area contributed by atoms with E-state index >= 15 is 0 Å². The first-order chi connectivity index (χ1) is 29.9.